The maximum absolute atomic E-state index is 8.70. The summed E-state index contributed by atoms with van der Waals surface area (Å²) >= 11 is 0. The Morgan fingerprint density at radius 2 is 0.952 bits per heavy atom. The number of nitrogens with zero attached hydrogens (tertiary/aromatic N) is 1. The number of nitriles is 1. The molecule has 0 aromatic carbocycles. The van der Waals surface area contributed by atoms with Crippen molar-refractivity contribution in [1.29, 1.82) is 5.26 Å². The maximum atomic E-state index is 8.70. The Bertz CT molecular complexity index is 228. The summed E-state index contributed by atoms with van der Waals surface area (Å²) in [5.41, 5.74) is 0. The SMILES string of the molecule is CCCCCCCCCCCCCCCCCC(C)C#N. The minimum atomic E-state index is 0.256. The van der Waals surface area contributed by atoms with Crippen LogP contribution in [0.3, 0.4) is 0 Å². The highest BCUT2D eigenvalue weighted by atomic mass is 14.3. The summed E-state index contributed by atoms with van der Waals surface area (Å²) in [4.78, 5) is 0. The standard InChI is InChI=1S/C20H39N/c1-3-4-5-6-7-8-9-10-11-12-13-14-15-16-17-18-20(2)19-21/h20H,3-18H2,1-2H3. The van der Waals surface area contributed by atoms with Crippen molar-refractivity contribution in [3.05, 3.63) is 0 Å². The van der Waals surface area contributed by atoms with E-state index < -0.39 is 0 Å². The molecule has 1 atom stereocenters. The minimum Gasteiger partial charge on any atom is -0.198 e. The topological polar surface area (TPSA) is 23.8 Å². The summed E-state index contributed by atoms with van der Waals surface area (Å²) in [6.45, 7) is 4.32. The molecule has 0 heterocycles. The lowest BCUT2D eigenvalue weighted by atomic mass is 10.0. The third-order valence-electron chi connectivity index (χ3n) is 4.46. The van der Waals surface area contributed by atoms with E-state index in [1.807, 2.05) is 6.92 Å². The third-order valence-corrected chi connectivity index (χ3v) is 4.46. The maximum Gasteiger partial charge on any atom is 0.0652 e. The highest BCUT2D eigenvalue weighted by Gasteiger charge is 1.98. The summed E-state index contributed by atoms with van der Waals surface area (Å²) in [5.74, 6) is 0.256. The fourth-order valence-electron chi connectivity index (χ4n) is 2.89. The van der Waals surface area contributed by atoms with Crippen molar-refractivity contribution in [2.75, 3.05) is 0 Å². The Morgan fingerprint density at radius 3 is 1.29 bits per heavy atom. The van der Waals surface area contributed by atoms with Crippen LogP contribution in [0.1, 0.15) is 117 Å². The molecule has 1 nitrogen and oxygen atoms in total. The Hall–Kier alpha value is -0.510. The first-order valence-corrected chi connectivity index (χ1v) is 9.70. The molecule has 0 radical (unpaired) electrons. The third kappa shape index (κ3) is 17.4. The van der Waals surface area contributed by atoms with Crippen LogP contribution in [-0.4, -0.2) is 0 Å². The van der Waals surface area contributed by atoms with E-state index >= 15 is 0 Å². The van der Waals surface area contributed by atoms with Crippen LogP contribution in [0.25, 0.3) is 0 Å². The quantitative estimate of drug-likeness (QED) is 0.272. The molecule has 0 bridgehead atoms. The van der Waals surface area contributed by atoms with Crippen LogP contribution < -0.4 is 0 Å². The normalized spacial score (nSPS) is 12.2. The molecule has 0 saturated heterocycles. The first-order valence-electron chi connectivity index (χ1n) is 9.70. The van der Waals surface area contributed by atoms with Crippen LogP contribution >= 0.6 is 0 Å². The molecule has 0 aliphatic heterocycles. The van der Waals surface area contributed by atoms with Crippen LogP contribution in [0, 0.1) is 17.2 Å². The molecule has 0 spiro atoms. The van der Waals surface area contributed by atoms with Gasteiger partial charge in [0.1, 0.15) is 0 Å². The van der Waals surface area contributed by atoms with Gasteiger partial charge in [-0.2, -0.15) is 5.26 Å². The predicted octanol–water partition coefficient (Wildman–Crippen LogP) is 7.41. The van der Waals surface area contributed by atoms with Gasteiger partial charge in [0.2, 0.25) is 0 Å². The van der Waals surface area contributed by atoms with E-state index in [2.05, 4.69) is 13.0 Å². The highest BCUT2D eigenvalue weighted by Crippen LogP contribution is 2.14. The lowest BCUT2D eigenvalue weighted by molar-refractivity contribution is 0.519. The van der Waals surface area contributed by atoms with E-state index in [1.165, 1.54) is 96.3 Å². The summed E-state index contributed by atoms with van der Waals surface area (Å²) in [6.07, 6.45) is 22.2. The zero-order valence-corrected chi connectivity index (χ0v) is 14.8. The van der Waals surface area contributed by atoms with E-state index in [-0.39, 0.29) is 5.92 Å². The van der Waals surface area contributed by atoms with Gasteiger partial charge in [-0.25, -0.2) is 0 Å². The summed E-state index contributed by atoms with van der Waals surface area (Å²) in [7, 11) is 0. The number of hydrogen-bond acceptors (Lipinski definition) is 1. The molecular weight excluding hydrogens is 254 g/mol. The lowest BCUT2D eigenvalue weighted by Gasteiger charge is -2.04. The van der Waals surface area contributed by atoms with Crippen molar-refractivity contribution < 1.29 is 0 Å². The van der Waals surface area contributed by atoms with E-state index in [0.717, 1.165) is 6.42 Å². The predicted molar refractivity (Wildman–Crippen MR) is 94.3 cm³/mol. The second-order valence-electron chi connectivity index (χ2n) is 6.77. The molecule has 0 aliphatic rings. The average molecular weight is 294 g/mol. The molecule has 0 aliphatic carbocycles. The Balaban J connectivity index is 2.98. The molecule has 0 N–H and O–H groups in total. The molecule has 0 amide bonds. The fraction of sp³-hybridized carbons (Fsp3) is 0.950. The van der Waals surface area contributed by atoms with Gasteiger partial charge < -0.3 is 0 Å². The Morgan fingerprint density at radius 1 is 0.619 bits per heavy atom. The first kappa shape index (κ1) is 20.5. The molecule has 0 aromatic rings. The van der Waals surface area contributed by atoms with Gasteiger partial charge >= 0.3 is 0 Å². The van der Waals surface area contributed by atoms with Gasteiger partial charge in [0.25, 0.3) is 0 Å². The highest BCUT2D eigenvalue weighted by molar-refractivity contribution is 4.77. The van der Waals surface area contributed by atoms with Gasteiger partial charge in [-0.1, -0.05) is 103 Å². The van der Waals surface area contributed by atoms with E-state index in [1.54, 1.807) is 0 Å². The average Bonchev–Trinajstić information content (AvgIpc) is 2.50. The fourth-order valence-corrected chi connectivity index (χ4v) is 2.89. The second kappa shape index (κ2) is 17.5. The van der Waals surface area contributed by atoms with Crippen molar-refractivity contribution in [2.24, 2.45) is 5.92 Å². The van der Waals surface area contributed by atoms with Crippen molar-refractivity contribution in [2.45, 2.75) is 117 Å². The van der Waals surface area contributed by atoms with Crippen LogP contribution in [0.15, 0.2) is 0 Å². The van der Waals surface area contributed by atoms with Crippen LogP contribution in [0.2, 0.25) is 0 Å². The molecule has 0 rings (SSSR count). The van der Waals surface area contributed by atoms with Gasteiger partial charge in [-0.3, -0.25) is 0 Å². The number of unbranched alkanes of at least 4 members (excludes halogenated alkanes) is 14. The van der Waals surface area contributed by atoms with Crippen molar-refractivity contribution >= 4 is 0 Å². The first-order chi connectivity index (χ1) is 10.3. The number of rotatable bonds is 16. The van der Waals surface area contributed by atoms with Crippen LogP contribution in [0.5, 0.6) is 0 Å². The molecule has 1 unspecified atom stereocenters. The summed E-state index contributed by atoms with van der Waals surface area (Å²) in [6, 6.07) is 2.31. The molecule has 0 aromatic heterocycles. The van der Waals surface area contributed by atoms with E-state index in [0.29, 0.717) is 0 Å². The van der Waals surface area contributed by atoms with Gasteiger partial charge in [-0.15, -0.1) is 0 Å². The molecule has 21 heavy (non-hydrogen) atoms. The number of hydrogen-bond donors (Lipinski definition) is 0. The van der Waals surface area contributed by atoms with Gasteiger partial charge in [0.15, 0.2) is 0 Å². The van der Waals surface area contributed by atoms with E-state index in [4.69, 9.17) is 5.26 Å². The molecule has 124 valence electrons. The zero-order valence-electron chi connectivity index (χ0n) is 14.8. The Kier molecular flexibility index (Phi) is 17.1. The minimum absolute atomic E-state index is 0.256. The van der Waals surface area contributed by atoms with Crippen molar-refractivity contribution in [3.8, 4) is 6.07 Å². The summed E-state index contributed by atoms with van der Waals surface area (Å²) in [5, 5.41) is 8.70. The van der Waals surface area contributed by atoms with Crippen molar-refractivity contribution in [1.82, 2.24) is 0 Å². The molecular formula is C20H39N. The Labute approximate surface area is 134 Å². The van der Waals surface area contributed by atoms with Crippen molar-refractivity contribution in [3.63, 3.8) is 0 Å². The van der Waals surface area contributed by atoms with Gasteiger partial charge in [-0.05, 0) is 13.3 Å². The summed E-state index contributed by atoms with van der Waals surface area (Å²) < 4.78 is 0. The zero-order chi connectivity index (χ0) is 15.6. The van der Waals surface area contributed by atoms with Crippen LogP contribution in [-0.2, 0) is 0 Å². The molecule has 1 heteroatoms. The smallest absolute Gasteiger partial charge is 0.0652 e. The second-order valence-corrected chi connectivity index (χ2v) is 6.77. The van der Waals surface area contributed by atoms with E-state index in [9.17, 15) is 0 Å². The monoisotopic (exact) mass is 293 g/mol. The molecule has 0 saturated carbocycles. The van der Waals surface area contributed by atoms with Gasteiger partial charge in [0.05, 0.1) is 6.07 Å². The van der Waals surface area contributed by atoms with Crippen LogP contribution in [0.4, 0.5) is 0 Å². The lowest BCUT2D eigenvalue weighted by Crippen LogP contribution is -1.89. The molecule has 0 fully saturated rings. The largest absolute Gasteiger partial charge is 0.198 e. The van der Waals surface area contributed by atoms with Gasteiger partial charge in [0, 0.05) is 5.92 Å².